The second kappa shape index (κ2) is 9.88. The highest BCUT2D eigenvalue weighted by molar-refractivity contribution is 6.10. The van der Waals surface area contributed by atoms with Gasteiger partial charge in [-0.25, -0.2) is 4.79 Å². The summed E-state index contributed by atoms with van der Waals surface area (Å²) >= 11 is 0. The monoisotopic (exact) mass is 403 g/mol. The zero-order valence-electron chi connectivity index (χ0n) is 16.3. The van der Waals surface area contributed by atoms with Gasteiger partial charge in [0.15, 0.2) is 0 Å². The van der Waals surface area contributed by atoms with Crippen LogP contribution in [0.4, 0.5) is 17.1 Å². The van der Waals surface area contributed by atoms with E-state index < -0.39 is 5.97 Å². The van der Waals surface area contributed by atoms with Crippen molar-refractivity contribution in [1.82, 2.24) is 0 Å². The van der Waals surface area contributed by atoms with E-state index in [4.69, 9.17) is 4.74 Å². The molecule has 7 nitrogen and oxygen atoms in total. The molecule has 3 rings (SSSR count). The van der Waals surface area contributed by atoms with Crippen LogP contribution < -0.4 is 16.0 Å². The molecule has 0 aliphatic rings. The maximum atomic E-state index is 12.6. The molecule has 0 saturated heterocycles. The van der Waals surface area contributed by atoms with Crippen LogP contribution in [0.5, 0.6) is 0 Å². The third kappa shape index (κ3) is 5.23. The molecule has 0 unspecified atom stereocenters. The van der Waals surface area contributed by atoms with Crippen molar-refractivity contribution < 1.29 is 19.1 Å². The Morgan fingerprint density at radius 2 is 1.33 bits per heavy atom. The topological polar surface area (TPSA) is 96.5 Å². The van der Waals surface area contributed by atoms with E-state index in [1.165, 1.54) is 7.11 Å². The van der Waals surface area contributed by atoms with Crippen molar-refractivity contribution in [2.24, 2.45) is 0 Å². The molecule has 0 saturated carbocycles. The van der Waals surface area contributed by atoms with E-state index in [2.05, 4.69) is 16.0 Å². The summed E-state index contributed by atoms with van der Waals surface area (Å²) in [5.41, 5.74) is 2.19. The van der Waals surface area contributed by atoms with Crippen LogP contribution in [0.2, 0.25) is 0 Å². The fraction of sp³-hybridized carbons (Fsp3) is 0.0870. The maximum absolute atomic E-state index is 12.6. The van der Waals surface area contributed by atoms with Gasteiger partial charge in [-0.05, 0) is 36.4 Å². The number of rotatable bonds is 7. The van der Waals surface area contributed by atoms with Gasteiger partial charge in [0.2, 0.25) is 5.91 Å². The first-order valence-electron chi connectivity index (χ1n) is 9.25. The predicted octanol–water partition coefficient (Wildman–Crippen LogP) is 3.78. The lowest BCUT2D eigenvalue weighted by molar-refractivity contribution is -0.114. The van der Waals surface area contributed by atoms with Crippen molar-refractivity contribution in [2.75, 3.05) is 29.6 Å². The first kappa shape index (κ1) is 20.6. The summed E-state index contributed by atoms with van der Waals surface area (Å²) in [6, 6.07) is 22.5. The quantitative estimate of drug-likeness (QED) is 0.522. The third-order valence-corrected chi connectivity index (χ3v) is 4.25. The van der Waals surface area contributed by atoms with E-state index in [0.29, 0.717) is 28.2 Å². The Morgan fingerprint density at radius 3 is 2.03 bits per heavy atom. The Kier molecular flexibility index (Phi) is 6.78. The molecule has 0 aromatic heterocycles. The van der Waals surface area contributed by atoms with Gasteiger partial charge in [0, 0.05) is 11.4 Å². The molecule has 152 valence electrons. The molecule has 0 bridgehead atoms. The SMILES string of the molecule is COC(=O)c1ccccc1NCC(=O)Nc1ccccc1C(=O)Nc1ccccc1. The van der Waals surface area contributed by atoms with Crippen LogP contribution in [-0.4, -0.2) is 31.4 Å². The van der Waals surface area contributed by atoms with Crippen molar-refractivity contribution >= 4 is 34.8 Å². The highest BCUT2D eigenvalue weighted by atomic mass is 16.5. The Morgan fingerprint density at radius 1 is 0.733 bits per heavy atom. The Balaban J connectivity index is 1.67. The minimum atomic E-state index is -0.499. The molecule has 0 radical (unpaired) electrons. The molecular formula is C23H21N3O4. The molecule has 0 fully saturated rings. The number of hydrogen-bond donors (Lipinski definition) is 3. The van der Waals surface area contributed by atoms with Crippen molar-refractivity contribution in [3.8, 4) is 0 Å². The summed E-state index contributed by atoms with van der Waals surface area (Å²) < 4.78 is 4.75. The molecule has 0 heterocycles. The largest absolute Gasteiger partial charge is 0.465 e. The van der Waals surface area contributed by atoms with E-state index in [9.17, 15) is 14.4 Å². The molecule has 3 N–H and O–H groups in total. The zero-order chi connectivity index (χ0) is 21.3. The standard InChI is InChI=1S/C23H21N3O4/c1-30-23(29)18-12-6-7-13-19(18)24-15-21(27)26-20-14-8-5-11-17(20)22(28)25-16-9-3-2-4-10-16/h2-14,24H,15H2,1H3,(H,25,28)(H,26,27). The van der Waals surface area contributed by atoms with Gasteiger partial charge in [0.05, 0.1) is 30.5 Å². The van der Waals surface area contributed by atoms with Crippen molar-refractivity contribution in [3.63, 3.8) is 0 Å². The van der Waals surface area contributed by atoms with E-state index in [1.54, 1.807) is 60.7 Å². The molecule has 3 aromatic rings. The number of nitrogens with one attached hydrogen (secondary N) is 3. The number of anilines is 3. The van der Waals surface area contributed by atoms with Crippen LogP contribution in [0.3, 0.4) is 0 Å². The van der Waals surface area contributed by atoms with Crippen molar-refractivity contribution in [2.45, 2.75) is 0 Å². The summed E-state index contributed by atoms with van der Waals surface area (Å²) in [5.74, 6) is -1.20. The normalized spacial score (nSPS) is 10.0. The summed E-state index contributed by atoms with van der Waals surface area (Å²) in [5, 5.41) is 8.45. The Hall–Kier alpha value is -4.13. The summed E-state index contributed by atoms with van der Waals surface area (Å²) in [6.45, 7) is -0.0946. The number of esters is 1. The smallest absolute Gasteiger partial charge is 0.339 e. The number of ether oxygens (including phenoxy) is 1. The number of methoxy groups -OCH3 is 1. The maximum Gasteiger partial charge on any atom is 0.339 e. The second-order valence-corrected chi connectivity index (χ2v) is 6.30. The van der Waals surface area contributed by atoms with Gasteiger partial charge in [-0.1, -0.05) is 42.5 Å². The van der Waals surface area contributed by atoms with Crippen molar-refractivity contribution in [1.29, 1.82) is 0 Å². The summed E-state index contributed by atoms with van der Waals surface area (Å²) in [7, 11) is 1.29. The summed E-state index contributed by atoms with van der Waals surface area (Å²) in [4.78, 5) is 36.9. The fourth-order valence-electron chi connectivity index (χ4n) is 2.81. The van der Waals surface area contributed by atoms with Crippen LogP contribution in [0, 0.1) is 0 Å². The second-order valence-electron chi connectivity index (χ2n) is 6.30. The zero-order valence-corrected chi connectivity index (χ0v) is 16.3. The number of benzene rings is 3. The minimum Gasteiger partial charge on any atom is -0.465 e. The Labute approximate surface area is 174 Å². The van der Waals surface area contributed by atoms with Crippen LogP contribution in [0.25, 0.3) is 0 Å². The van der Waals surface area contributed by atoms with Gasteiger partial charge in [-0.3, -0.25) is 9.59 Å². The number of amides is 2. The first-order valence-corrected chi connectivity index (χ1v) is 9.25. The average Bonchev–Trinajstić information content (AvgIpc) is 2.78. The fourth-order valence-corrected chi connectivity index (χ4v) is 2.81. The summed E-state index contributed by atoms with van der Waals surface area (Å²) in [6.07, 6.45) is 0. The number of hydrogen-bond acceptors (Lipinski definition) is 5. The molecule has 2 amide bonds. The molecule has 3 aromatic carbocycles. The van der Waals surface area contributed by atoms with E-state index >= 15 is 0 Å². The van der Waals surface area contributed by atoms with Gasteiger partial charge in [0.25, 0.3) is 5.91 Å². The molecule has 30 heavy (non-hydrogen) atoms. The molecular weight excluding hydrogens is 382 g/mol. The average molecular weight is 403 g/mol. The third-order valence-electron chi connectivity index (χ3n) is 4.25. The highest BCUT2D eigenvalue weighted by Gasteiger charge is 2.15. The van der Waals surface area contributed by atoms with Gasteiger partial charge in [-0.15, -0.1) is 0 Å². The van der Waals surface area contributed by atoms with E-state index in [1.807, 2.05) is 18.2 Å². The lowest BCUT2D eigenvalue weighted by Gasteiger charge is -2.13. The first-order chi connectivity index (χ1) is 14.6. The lowest BCUT2D eigenvalue weighted by Crippen LogP contribution is -2.24. The van der Waals surface area contributed by atoms with E-state index in [0.717, 1.165) is 0 Å². The van der Waals surface area contributed by atoms with Crippen LogP contribution in [-0.2, 0) is 9.53 Å². The predicted molar refractivity (Wildman–Crippen MR) is 116 cm³/mol. The van der Waals surface area contributed by atoms with E-state index in [-0.39, 0.29) is 18.4 Å². The molecule has 0 spiro atoms. The number of carbonyl (C=O) groups excluding carboxylic acids is 3. The lowest BCUT2D eigenvalue weighted by atomic mass is 10.1. The molecule has 0 aliphatic carbocycles. The molecule has 0 aliphatic heterocycles. The van der Waals surface area contributed by atoms with Crippen LogP contribution in [0.1, 0.15) is 20.7 Å². The van der Waals surface area contributed by atoms with Crippen LogP contribution in [0.15, 0.2) is 78.9 Å². The number of carbonyl (C=O) groups is 3. The Bertz CT molecular complexity index is 1050. The van der Waals surface area contributed by atoms with Gasteiger partial charge >= 0.3 is 5.97 Å². The van der Waals surface area contributed by atoms with Gasteiger partial charge in [-0.2, -0.15) is 0 Å². The molecule has 0 atom stereocenters. The van der Waals surface area contributed by atoms with Crippen molar-refractivity contribution in [3.05, 3.63) is 90.0 Å². The minimum absolute atomic E-state index is 0.0946. The number of para-hydroxylation sites is 3. The molecule has 7 heteroatoms. The highest BCUT2D eigenvalue weighted by Crippen LogP contribution is 2.18. The van der Waals surface area contributed by atoms with Gasteiger partial charge in [0.1, 0.15) is 0 Å². The van der Waals surface area contributed by atoms with Gasteiger partial charge < -0.3 is 20.7 Å². The van der Waals surface area contributed by atoms with Crippen LogP contribution >= 0.6 is 0 Å².